The Balaban J connectivity index is 1.41. The molecule has 1 unspecified atom stereocenters. The summed E-state index contributed by atoms with van der Waals surface area (Å²) in [5.74, 6) is 1.35. The number of aromatic amines is 1. The van der Waals surface area contributed by atoms with Crippen molar-refractivity contribution in [3.05, 3.63) is 156 Å². The second kappa shape index (κ2) is 16.0. The Morgan fingerprint density at radius 2 is 1.44 bits per heavy atom. The molecule has 1 aliphatic heterocycles. The summed E-state index contributed by atoms with van der Waals surface area (Å²) in [6.07, 6.45) is -1.52. The highest BCUT2D eigenvalue weighted by atomic mass is 35.5. The summed E-state index contributed by atoms with van der Waals surface area (Å²) in [6.45, 7) is -2.87. The Labute approximate surface area is 314 Å². The molecule has 0 radical (unpaired) electrons. The molecular weight excluding hydrogens is 750 g/mol. The lowest BCUT2D eigenvalue weighted by Crippen LogP contribution is -2.39. The molecule has 1 saturated heterocycles. The van der Waals surface area contributed by atoms with Crippen LogP contribution in [-0.2, 0) is 31.4 Å². The van der Waals surface area contributed by atoms with Gasteiger partial charge in [0.1, 0.15) is 35.2 Å². The summed E-state index contributed by atoms with van der Waals surface area (Å²) in [4.78, 5) is 41.2. The highest BCUT2D eigenvalue weighted by molar-refractivity contribution is 8.06. The van der Waals surface area contributed by atoms with Crippen molar-refractivity contribution in [1.29, 1.82) is 0 Å². The lowest BCUT2D eigenvalue weighted by Gasteiger charge is -2.38. The average molecular weight is 785 g/mol. The van der Waals surface area contributed by atoms with Gasteiger partial charge < -0.3 is 32.9 Å². The number of methoxy groups -OCH3 is 2. The summed E-state index contributed by atoms with van der Waals surface area (Å²) >= 11 is 17.6. The molecule has 52 heavy (non-hydrogen) atoms. The fraction of sp³-hybridized carbons (Fsp3) is 0.243. The first-order valence-electron chi connectivity index (χ1n) is 16.0. The molecule has 0 bridgehead atoms. The maximum absolute atomic E-state index is 13.8. The van der Waals surface area contributed by atoms with E-state index in [1.807, 2.05) is 78.9 Å². The van der Waals surface area contributed by atoms with E-state index in [2.05, 4.69) is 4.98 Å². The van der Waals surface area contributed by atoms with Crippen molar-refractivity contribution in [3.8, 4) is 17.2 Å². The van der Waals surface area contributed by atoms with Crippen LogP contribution in [0.3, 0.4) is 0 Å². The molecule has 6 rings (SSSR count). The van der Waals surface area contributed by atoms with Crippen molar-refractivity contribution in [3.63, 3.8) is 0 Å². The summed E-state index contributed by atoms with van der Waals surface area (Å²) in [7, 11) is 3.18. The van der Waals surface area contributed by atoms with Gasteiger partial charge in [0.2, 0.25) is 0 Å². The lowest BCUT2D eigenvalue weighted by molar-refractivity contribution is -0.205. The summed E-state index contributed by atoms with van der Waals surface area (Å²) in [6, 6.07) is 28.9. The van der Waals surface area contributed by atoms with E-state index in [1.54, 1.807) is 21.1 Å². The van der Waals surface area contributed by atoms with E-state index in [1.165, 1.54) is 29.0 Å². The molecule has 272 valence electrons. The number of nitrogens with zero attached hydrogens (tertiary/aromatic N) is 1. The maximum atomic E-state index is 13.8. The zero-order valence-corrected chi connectivity index (χ0v) is 31.4. The molecule has 0 saturated carbocycles. The quantitative estimate of drug-likeness (QED) is 0.104. The van der Waals surface area contributed by atoms with Crippen LogP contribution in [0.15, 0.2) is 113 Å². The van der Waals surface area contributed by atoms with Crippen molar-refractivity contribution >= 4 is 41.7 Å². The molecule has 0 amide bonds. The zero-order valence-electron chi connectivity index (χ0n) is 28.2. The number of halogens is 2. The van der Waals surface area contributed by atoms with Crippen LogP contribution in [0.5, 0.6) is 17.2 Å². The number of aryl methyl sites for hydroxylation is 1. The van der Waals surface area contributed by atoms with Crippen LogP contribution in [0.1, 0.15) is 34.9 Å². The van der Waals surface area contributed by atoms with Crippen LogP contribution < -0.4 is 30.1 Å². The number of rotatable bonds is 13. The molecular formula is C37H34Cl2N2O9PS-. The van der Waals surface area contributed by atoms with E-state index in [9.17, 15) is 14.5 Å². The predicted octanol–water partition coefficient (Wildman–Crippen LogP) is 6.51. The van der Waals surface area contributed by atoms with Crippen LogP contribution in [0.4, 0.5) is 0 Å². The predicted molar refractivity (Wildman–Crippen MR) is 199 cm³/mol. The molecule has 0 spiro atoms. The smallest absolute Gasteiger partial charge is 0.330 e. The number of H-pyrrole nitrogens is 1. The number of hydrogen-bond donors (Lipinski definition) is 1. The number of aromatic nitrogens is 2. The third kappa shape index (κ3) is 8.30. The third-order valence-electron chi connectivity index (χ3n) is 8.59. The summed E-state index contributed by atoms with van der Waals surface area (Å²) < 4.78 is 37.3. The third-order valence-corrected chi connectivity index (χ3v) is 10.5. The Morgan fingerprint density at radius 3 is 2.00 bits per heavy atom. The molecule has 1 aliphatic rings. The van der Waals surface area contributed by atoms with Crippen molar-refractivity contribution in [2.45, 2.75) is 37.4 Å². The molecule has 11 nitrogen and oxygen atoms in total. The van der Waals surface area contributed by atoms with Gasteiger partial charge in [-0.3, -0.25) is 14.3 Å². The van der Waals surface area contributed by atoms with Gasteiger partial charge in [0.05, 0.1) is 26.9 Å². The number of nitrogens with one attached hydrogen (secondary N) is 1. The minimum atomic E-state index is -4.29. The molecule has 1 fully saturated rings. The molecule has 0 aliphatic carbocycles. The molecule has 4 aromatic carbocycles. The Kier molecular flexibility index (Phi) is 11.6. The average Bonchev–Trinajstić information content (AvgIpc) is 3.51. The van der Waals surface area contributed by atoms with Gasteiger partial charge >= 0.3 is 5.69 Å². The van der Waals surface area contributed by atoms with E-state index >= 15 is 0 Å². The van der Waals surface area contributed by atoms with Crippen molar-refractivity contribution in [2.75, 3.05) is 20.8 Å². The number of benzene rings is 4. The van der Waals surface area contributed by atoms with Gasteiger partial charge in [-0.05, 0) is 77.9 Å². The van der Waals surface area contributed by atoms with Gasteiger partial charge in [-0.15, -0.1) is 0 Å². The van der Waals surface area contributed by atoms with Crippen LogP contribution in [-0.4, -0.2) is 42.6 Å². The second-order valence-corrected chi connectivity index (χ2v) is 15.4. The zero-order chi connectivity index (χ0) is 37.0. The van der Waals surface area contributed by atoms with Gasteiger partial charge in [0.15, 0.2) is 6.72 Å². The van der Waals surface area contributed by atoms with Crippen LogP contribution in [0.25, 0.3) is 0 Å². The monoisotopic (exact) mass is 783 g/mol. The molecule has 1 N–H and O–H groups in total. The molecule has 15 heteroatoms. The number of ether oxygens (including phenoxy) is 4. The largest absolute Gasteiger partial charge is 0.770 e. The SMILES string of the molecule is COc1ccc(C(OC[C@H]2O[C@@H](n3cc(C)c(=O)[nH]c3=O)C[C@@H]2OP([O-])(=S)Oc2cc(Cl)cc(Cl)c2)(c2ccccc2)c2ccc(OC)cc2)cc1. The van der Waals surface area contributed by atoms with Gasteiger partial charge in [-0.2, -0.15) is 0 Å². The topological polar surface area (TPSA) is 133 Å². The summed E-state index contributed by atoms with van der Waals surface area (Å²) in [5, 5.41) is 0.491. The van der Waals surface area contributed by atoms with Gasteiger partial charge in [-0.1, -0.05) is 77.8 Å². The van der Waals surface area contributed by atoms with E-state index in [0.29, 0.717) is 11.5 Å². The maximum Gasteiger partial charge on any atom is 0.330 e. The number of hydrogen-bond acceptors (Lipinski definition) is 10. The fourth-order valence-corrected chi connectivity index (χ4v) is 8.17. The lowest BCUT2D eigenvalue weighted by atomic mass is 9.80. The Morgan fingerprint density at radius 1 is 0.885 bits per heavy atom. The first-order chi connectivity index (χ1) is 24.9. The van der Waals surface area contributed by atoms with Gasteiger partial charge in [0.25, 0.3) is 5.56 Å². The first-order valence-corrected chi connectivity index (χ1v) is 19.3. The first kappa shape index (κ1) is 37.8. The highest BCUT2D eigenvalue weighted by Gasteiger charge is 2.44. The standard InChI is InChI=1S/C37H35Cl2N2O9PS/c1-23-21-41(36(43)40-35(23)42)34-20-32(50-51(44,52)49-31-18-27(38)17-28(39)19-31)33(48-34)22-47-37(24-7-5-4-6-8-24,25-9-13-29(45-2)14-10-25)26-11-15-30(46-3)16-12-26/h4-19,21,32-34H,20,22H2,1-3H3,(H,44,52)(H,40,42,43)/p-1/t32-,33+,34+,51?/m0/s1. The van der Waals surface area contributed by atoms with Crippen molar-refractivity contribution in [2.24, 2.45) is 0 Å². The molecule has 4 atom stereocenters. The van der Waals surface area contributed by atoms with Gasteiger partial charge in [-0.25, -0.2) is 4.79 Å². The minimum absolute atomic E-state index is 0.00309. The molecule has 1 aromatic heterocycles. The van der Waals surface area contributed by atoms with Crippen LogP contribution in [0, 0.1) is 6.92 Å². The Bertz CT molecular complexity index is 2120. The second-order valence-electron chi connectivity index (χ2n) is 11.9. The molecule has 5 aromatic rings. The van der Waals surface area contributed by atoms with E-state index in [4.69, 9.17) is 63.0 Å². The van der Waals surface area contributed by atoms with Crippen molar-refractivity contribution < 1.29 is 32.9 Å². The van der Waals surface area contributed by atoms with E-state index < -0.39 is 42.0 Å². The molecule has 2 heterocycles. The van der Waals surface area contributed by atoms with Crippen LogP contribution in [0.2, 0.25) is 10.0 Å². The van der Waals surface area contributed by atoms with Crippen molar-refractivity contribution in [1.82, 2.24) is 9.55 Å². The summed E-state index contributed by atoms with van der Waals surface area (Å²) in [5.41, 5.74) is 0.156. The van der Waals surface area contributed by atoms with Gasteiger partial charge in [0, 0.05) is 28.2 Å². The van der Waals surface area contributed by atoms with E-state index in [0.717, 1.165) is 16.7 Å². The highest BCUT2D eigenvalue weighted by Crippen LogP contribution is 2.48. The fourth-order valence-electron chi connectivity index (χ4n) is 6.11. The normalized spacial score (nSPS) is 18.5. The minimum Gasteiger partial charge on any atom is -0.770 e. The Hall–Kier alpha value is -3.97. The van der Waals surface area contributed by atoms with E-state index in [-0.39, 0.29) is 34.4 Å². The van der Waals surface area contributed by atoms with Crippen LogP contribution >= 0.6 is 29.9 Å².